The molecule has 0 spiro atoms. The van der Waals surface area contributed by atoms with Crippen molar-refractivity contribution in [3.8, 4) is 0 Å². The normalized spacial score (nSPS) is 14.4. The van der Waals surface area contributed by atoms with E-state index in [-0.39, 0.29) is 11.3 Å². The van der Waals surface area contributed by atoms with Crippen LogP contribution in [0.15, 0.2) is 0 Å². The van der Waals surface area contributed by atoms with Crippen LogP contribution < -0.4 is 0 Å². The third-order valence-corrected chi connectivity index (χ3v) is 3.64. The van der Waals surface area contributed by atoms with E-state index in [1.54, 1.807) is 0 Å². The van der Waals surface area contributed by atoms with Gasteiger partial charge in [0.2, 0.25) is 0 Å². The molecule has 0 bridgehead atoms. The van der Waals surface area contributed by atoms with Crippen molar-refractivity contribution in [1.82, 2.24) is 0 Å². The first-order chi connectivity index (χ1) is 8.11. The van der Waals surface area contributed by atoms with Crippen molar-refractivity contribution in [2.75, 3.05) is 7.11 Å². The minimum absolute atomic E-state index is 0.127. The first-order valence-electron chi connectivity index (χ1n) is 6.47. The molecule has 0 fully saturated rings. The fraction of sp³-hybridized carbons (Fsp3) is 0.923. The van der Waals surface area contributed by atoms with E-state index in [1.165, 1.54) is 39.2 Å². The van der Waals surface area contributed by atoms with Gasteiger partial charge in [-0.1, -0.05) is 39.0 Å². The number of unbranched alkanes of at least 4 members (excludes halogenated alkanes) is 4. The minimum atomic E-state index is -0.554. The average Bonchev–Trinajstić information content (AvgIpc) is 2.34. The van der Waals surface area contributed by atoms with Crippen molar-refractivity contribution in [2.45, 2.75) is 69.0 Å². The van der Waals surface area contributed by atoms with E-state index >= 15 is 0 Å². The van der Waals surface area contributed by atoms with Crippen LogP contribution in [0, 0.1) is 0 Å². The van der Waals surface area contributed by atoms with Crippen LogP contribution in [0.25, 0.3) is 0 Å². The lowest BCUT2D eigenvalue weighted by atomic mass is 10.1. The molecule has 102 valence electrons. The maximum Gasteiger partial charge on any atom is 0.323 e. The number of hydrogen-bond acceptors (Lipinski definition) is 2. The fourth-order valence-corrected chi connectivity index (χ4v) is 2.18. The number of halogens is 2. The van der Waals surface area contributed by atoms with Gasteiger partial charge >= 0.3 is 5.97 Å². The van der Waals surface area contributed by atoms with E-state index in [2.05, 4.69) is 11.7 Å². The van der Waals surface area contributed by atoms with Gasteiger partial charge in [0, 0.05) is 5.38 Å². The highest BCUT2D eigenvalue weighted by Gasteiger charge is 2.17. The summed E-state index contributed by atoms with van der Waals surface area (Å²) < 4.78 is 4.56. The molecule has 0 rings (SSSR count). The predicted octanol–water partition coefficient (Wildman–Crippen LogP) is 4.51. The van der Waals surface area contributed by atoms with Crippen LogP contribution in [0.2, 0.25) is 0 Å². The van der Waals surface area contributed by atoms with E-state index in [0.29, 0.717) is 6.42 Å². The van der Waals surface area contributed by atoms with E-state index in [9.17, 15) is 4.79 Å². The van der Waals surface area contributed by atoms with E-state index in [1.807, 2.05) is 0 Å². The largest absolute Gasteiger partial charge is 0.468 e. The first-order valence-corrected chi connectivity index (χ1v) is 7.35. The Balaban J connectivity index is 3.45. The smallest absolute Gasteiger partial charge is 0.323 e. The van der Waals surface area contributed by atoms with Crippen LogP contribution in [-0.4, -0.2) is 23.8 Å². The number of rotatable bonds is 10. The number of hydrogen-bond donors (Lipinski definition) is 0. The molecule has 0 aromatic carbocycles. The molecule has 0 aliphatic rings. The van der Waals surface area contributed by atoms with Crippen LogP contribution in [0.4, 0.5) is 0 Å². The standard InChI is InChI=1S/C13H24Cl2O2/c1-3-4-5-6-7-8-11(14)9-10-12(15)13(16)17-2/h11-12H,3-10H2,1-2H3. The highest BCUT2D eigenvalue weighted by atomic mass is 35.5. The monoisotopic (exact) mass is 282 g/mol. The topological polar surface area (TPSA) is 26.3 Å². The molecule has 0 aromatic rings. The molecule has 0 aliphatic carbocycles. The molecule has 0 aliphatic heterocycles. The number of esters is 1. The number of carbonyl (C=O) groups excluding carboxylic acids is 1. The Morgan fingerprint density at radius 2 is 1.71 bits per heavy atom. The lowest BCUT2D eigenvalue weighted by Gasteiger charge is -2.11. The van der Waals surface area contributed by atoms with Gasteiger partial charge in [0.25, 0.3) is 0 Å². The summed E-state index contributed by atoms with van der Waals surface area (Å²) in [6, 6.07) is 0. The molecular formula is C13H24Cl2O2. The third-order valence-electron chi connectivity index (χ3n) is 2.81. The van der Waals surface area contributed by atoms with Crippen LogP contribution in [0.5, 0.6) is 0 Å². The first kappa shape index (κ1) is 17.1. The van der Waals surface area contributed by atoms with Gasteiger partial charge in [-0.2, -0.15) is 0 Å². The zero-order valence-corrected chi connectivity index (χ0v) is 12.4. The molecule has 0 aromatic heterocycles. The van der Waals surface area contributed by atoms with Gasteiger partial charge in [-0.05, 0) is 19.3 Å². The molecular weight excluding hydrogens is 259 g/mol. The van der Waals surface area contributed by atoms with Gasteiger partial charge in [-0.15, -0.1) is 23.2 Å². The molecule has 2 unspecified atom stereocenters. The summed E-state index contributed by atoms with van der Waals surface area (Å²) in [5.41, 5.74) is 0. The van der Waals surface area contributed by atoms with Crippen molar-refractivity contribution in [3.63, 3.8) is 0 Å². The number of ether oxygens (including phenoxy) is 1. The van der Waals surface area contributed by atoms with Crippen molar-refractivity contribution >= 4 is 29.2 Å². The molecule has 4 heteroatoms. The molecule has 17 heavy (non-hydrogen) atoms. The predicted molar refractivity (Wildman–Crippen MR) is 73.9 cm³/mol. The third kappa shape index (κ3) is 9.72. The van der Waals surface area contributed by atoms with Gasteiger partial charge in [0.15, 0.2) is 0 Å². The number of carbonyl (C=O) groups is 1. The molecule has 0 amide bonds. The zero-order chi connectivity index (χ0) is 13.1. The Kier molecular flexibility index (Phi) is 11.2. The summed E-state index contributed by atoms with van der Waals surface area (Å²) in [7, 11) is 1.35. The summed E-state index contributed by atoms with van der Waals surface area (Å²) in [5.74, 6) is -0.363. The van der Waals surface area contributed by atoms with Crippen molar-refractivity contribution in [2.24, 2.45) is 0 Å². The second-order valence-corrected chi connectivity index (χ2v) is 5.51. The van der Waals surface area contributed by atoms with Gasteiger partial charge < -0.3 is 4.74 Å². The van der Waals surface area contributed by atoms with Crippen LogP contribution in [-0.2, 0) is 9.53 Å². The fourth-order valence-electron chi connectivity index (χ4n) is 1.69. The quantitative estimate of drug-likeness (QED) is 0.335. The van der Waals surface area contributed by atoms with Gasteiger partial charge in [-0.3, -0.25) is 4.79 Å². The van der Waals surface area contributed by atoms with Gasteiger partial charge in [0.05, 0.1) is 7.11 Å². The summed E-state index contributed by atoms with van der Waals surface area (Å²) in [5, 5.41) is -0.427. The zero-order valence-electron chi connectivity index (χ0n) is 10.9. The summed E-state index contributed by atoms with van der Waals surface area (Å²) in [6.07, 6.45) is 8.65. The van der Waals surface area contributed by atoms with Crippen LogP contribution >= 0.6 is 23.2 Å². The Morgan fingerprint density at radius 1 is 1.06 bits per heavy atom. The van der Waals surface area contributed by atoms with Crippen LogP contribution in [0.3, 0.4) is 0 Å². The Labute approximate surface area is 115 Å². The minimum Gasteiger partial charge on any atom is -0.468 e. The highest BCUT2D eigenvalue weighted by molar-refractivity contribution is 6.29. The Morgan fingerprint density at radius 3 is 2.29 bits per heavy atom. The van der Waals surface area contributed by atoms with Crippen molar-refractivity contribution in [3.05, 3.63) is 0 Å². The summed E-state index contributed by atoms with van der Waals surface area (Å²) in [6.45, 7) is 2.21. The highest BCUT2D eigenvalue weighted by Crippen LogP contribution is 2.18. The SMILES string of the molecule is CCCCCCCC(Cl)CCC(Cl)C(=O)OC. The lowest BCUT2D eigenvalue weighted by Crippen LogP contribution is -2.17. The number of methoxy groups -OCH3 is 1. The second kappa shape index (κ2) is 11.2. The molecule has 0 saturated carbocycles. The Bertz CT molecular complexity index is 198. The molecule has 0 N–H and O–H groups in total. The van der Waals surface area contributed by atoms with Crippen LogP contribution in [0.1, 0.15) is 58.3 Å². The van der Waals surface area contributed by atoms with Gasteiger partial charge in [0.1, 0.15) is 5.38 Å². The van der Waals surface area contributed by atoms with Gasteiger partial charge in [-0.25, -0.2) is 0 Å². The van der Waals surface area contributed by atoms with Crippen molar-refractivity contribution in [1.29, 1.82) is 0 Å². The van der Waals surface area contributed by atoms with Crippen molar-refractivity contribution < 1.29 is 9.53 Å². The second-order valence-electron chi connectivity index (χ2n) is 4.37. The Hall–Kier alpha value is 0.0500. The summed E-state index contributed by atoms with van der Waals surface area (Å²) in [4.78, 5) is 11.1. The van der Waals surface area contributed by atoms with E-state index < -0.39 is 5.38 Å². The van der Waals surface area contributed by atoms with E-state index in [4.69, 9.17) is 23.2 Å². The lowest BCUT2D eigenvalue weighted by molar-refractivity contribution is -0.140. The molecule has 0 heterocycles. The van der Waals surface area contributed by atoms with E-state index in [0.717, 1.165) is 12.8 Å². The molecule has 0 radical (unpaired) electrons. The maximum atomic E-state index is 11.1. The molecule has 2 atom stereocenters. The summed E-state index contributed by atoms with van der Waals surface area (Å²) >= 11 is 12.0. The molecule has 0 saturated heterocycles. The molecule has 2 nitrogen and oxygen atoms in total. The average molecular weight is 283 g/mol. The maximum absolute atomic E-state index is 11.1. The number of alkyl halides is 2.